The summed E-state index contributed by atoms with van der Waals surface area (Å²) >= 11 is 0. The molecular weight excluding hydrogens is 264 g/mol. The highest BCUT2D eigenvalue weighted by Crippen LogP contribution is 2.39. The van der Waals surface area contributed by atoms with Crippen LogP contribution in [0.3, 0.4) is 0 Å². The summed E-state index contributed by atoms with van der Waals surface area (Å²) in [5.41, 5.74) is -0.302. The van der Waals surface area contributed by atoms with Gasteiger partial charge in [0.25, 0.3) is 0 Å². The maximum atomic E-state index is 12.9. The van der Waals surface area contributed by atoms with E-state index in [2.05, 4.69) is 17.1 Å². The first-order valence-corrected chi connectivity index (χ1v) is 7.42. The fourth-order valence-corrected chi connectivity index (χ4v) is 4.17. The van der Waals surface area contributed by atoms with Crippen molar-refractivity contribution >= 4 is 18.3 Å². The van der Waals surface area contributed by atoms with E-state index in [0.717, 1.165) is 51.5 Å². The van der Waals surface area contributed by atoms with Crippen LogP contribution in [0.5, 0.6) is 0 Å². The molecule has 3 unspecified atom stereocenters. The number of rotatable bonds is 2. The molecule has 3 aliphatic rings. The lowest BCUT2D eigenvalue weighted by Gasteiger charge is -2.42. The first-order valence-electron chi connectivity index (χ1n) is 7.42. The van der Waals surface area contributed by atoms with E-state index < -0.39 is 0 Å². The number of fused-ring (bicyclic) bond motifs is 2. The summed E-state index contributed by atoms with van der Waals surface area (Å²) in [4.78, 5) is 15.0. The molecule has 3 atom stereocenters. The SMILES string of the molecule is CCC1(C(=O)N2C3CCC2CC(O)C3)CCCN1.Cl. The smallest absolute Gasteiger partial charge is 0.243 e. The van der Waals surface area contributed by atoms with Crippen LogP contribution in [0, 0.1) is 0 Å². The molecule has 3 rings (SSSR count). The molecule has 1 amide bonds. The zero-order valence-electron chi connectivity index (χ0n) is 11.6. The quantitative estimate of drug-likeness (QED) is 0.809. The average Bonchev–Trinajstić information content (AvgIpc) is 2.93. The van der Waals surface area contributed by atoms with Crippen LogP contribution >= 0.6 is 12.4 Å². The van der Waals surface area contributed by atoms with E-state index in [1.54, 1.807) is 0 Å². The van der Waals surface area contributed by atoms with Gasteiger partial charge in [0.1, 0.15) is 0 Å². The minimum Gasteiger partial charge on any atom is -0.393 e. The number of carbonyl (C=O) groups excluding carboxylic acids is 1. The number of halogens is 1. The maximum absolute atomic E-state index is 12.9. The van der Waals surface area contributed by atoms with E-state index in [1.165, 1.54) is 0 Å². The van der Waals surface area contributed by atoms with Crippen LogP contribution in [0.25, 0.3) is 0 Å². The number of hydrogen-bond donors (Lipinski definition) is 2. The van der Waals surface area contributed by atoms with Crippen molar-refractivity contribution in [3.63, 3.8) is 0 Å². The van der Waals surface area contributed by atoms with Gasteiger partial charge in [0.15, 0.2) is 0 Å². The molecule has 2 bridgehead atoms. The molecule has 0 aromatic heterocycles. The van der Waals surface area contributed by atoms with E-state index in [-0.39, 0.29) is 36.1 Å². The van der Waals surface area contributed by atoms with E-state index in [4.69, 9.17) is 0 Å². The van der Waals surface area contributed by atoms with Gasteiger partial charge in [-0.1, -0.05) is 6.92 Å². The molecule has 19 heavy (non-hydrogen) atoms. The highest BCUT2D eigenvalue weighted by Gasteiger charge is 2.49. The predicted octanol–water partition coefficient (Wildman–Crippen LogP) is 1.45. The number of aliphatic hydroxyl groups excluding tert-OH is 1. The highest BCUT2D eigenvalue weighted by atomic mass is 35.5. The molecule has 5 heteroatoms. The maximum Gasteiger partial charge on any atom is 0.243 e. The van der Waals surface area contributed by atoms with Crippen molar-refractivity contribution in [3.05, 3.63) is 0 Å². The normalized spacial score (nSPS) is 41.2. The summed E-state index contributed by atoms with van der Waals surface area (Å²) in [5.74, 6) is 0.307. The number of aliphatic hydroxyl groups is 1. The molecule has 3 saturated heterocycles. The fourth-order valence-electron chi connectivity index (χ4n) is 4.17. The van der Waals surface area contributed by atoms with Crippen molar-refractivity contribution in [1.82, 2.24) is 10.2 Å². The fraction of sp³-hybridized carbons (Fsp3) is 0.929. The molecule has 0 aliphatic carbocycles. The largest absolute Gasteiger partial charge is 0.393 e. The summed E-state index contributed by atoms with van der Waals surface area (Å²) < 4.78 is 0. The van der Waals surface area contributed by atoms with Crippen LogP contribution < -0.4 is 5.32 Å². The molecule has 0 aromatic rings. The molecule has 4 nitrogen and oxygen atoms in total. The zero-order valence-corrected chi connectivity index (χ0v) is 12.4. The molecule has 0 saturated carbocycles. The lowest BCUT2D eigenvalue weighted by Crippen LogP contribution is -2.59. The number of nitrogens with one attached hydrogen (secondary N) is 1. The lowest BCUT2D eigenvalue weighted by atomic mass is 9.89. The Morgan fingerprint density at radius 1 is 1.37 bits per heavy atom. The highest BCUT2D eigenvalue weighted by molar-refractivity contribution is 5.87. The summed E-state index contributed by atoms with van der Waals surface area (Å²) in [5, 5.41) is 13.3. The van der Waals surface area contributed by atoms with Crippen molar-refractivity contribution in [1.29, 1.82) is 0 Å². The Kier molecular flexibility index (Phi) is 4.43. The zero-order chi connectivity index (χ0) is 12.8. The van der Waals surface area contributed by atoms with E-state index in [9.17, 15) is 9.90 Å². The number of nitrogens with zero attached hydrogens (tertiary/aromatic N) is 1. The van der Waals surface area contributed by atoms with Crippen molar-refractivity contribution in [3.8, 4) is 0 Å². The van der Waals surface area contributed by atoms with Crippen LogP contribution in [0.4, 0.5) is 0 Å². The van der Waals surface area contributed by atoms with Gasteiger partial charge in [0.05, 0.1) is 11.6 Å². The molecule has 3 heterocycles. The first-order chi connectivity index (χ1) is 8.66. The van der Waals surface area contributed by atoms with Gasteiger partial charge in [-0.25, -0.2) is 0 Å². The molecule has 2 N–H and O–H groups in total. The summed E-state index contributed by atoms with van der Waals surface area (Å²) in [6.45, 7) is 3.07. The predicted molar refractivity (Wildman–Crippen MR) is 76.4 cm³/mol. The number of piperidine rings is 1. The van der Waals surface area contributed by atoms with Crippen LogP contribution in [-0.4, -0.2) is 46.2 Å². The standard InChI is InChI=1S/C14H24N2O2.ClH/c1-2-14(6-3-7-15-14)13(18)16-10-4-5-11(16)9-12(17)8-10;/h10-12,15,17H,2-9H2,1H3;1H. The molecule has 110 valence electrons. The van der Waals surface area contributed by atoms with Crippen LogP contribution in [-0.2, 0) is 4.79 Å². The second kappa shape index (κ2) is 5.58. The van der Waals surface area contributed by atoms with Crippen molar-refractivity contribution in [2.75, 3.05) is 6.54 Å². The molecular formula is C14H25ClN2O2. The van der Waals surface area contributed by atoms with Gasteiger partial charge in [0, 0.05) is 12.1 Å². The summed E-state index contributed by atoms with van der Waals surface area (Å²) in [7, 11) is 0. The molecule has 3 aliphatic heterocycles. The first kappa shape index (κ1) is 15.1. The van der Waals surface area contributed by atoms with Crippen molar-refractivity contribution in [2.45, 2.75) is 75.6 Å². The Labute approximate surface area is 121 Å². The van der Waals surface area contributed by atoms with Gasteiger partial charge in [-0.3, -0.25) is 4.79 Å². The summed E-state index contributed by atoms with van der Waals surface area (Å²) in [6, 6.07) is 0.578. The monoisotopic (exact) mass is 288 g/mol. The minimum absolute atomic E-state index is 0. The van der Waals surface area contributed by atoms with Gasteiger partial charge in [-0.05, 0) is 51.5 Å². The van der Waals surface area contributed by atoms with E-state index >= 15 is 0 Å². The van der Waals surface area contributed by atoms with Crippen molar-refractivity contribution < 1.29 is 9.90 Å². The van der Waals surface area contributed by atoms with Gasteiger partial charge < -0.3 is 15.3 Å². The van der Waals surface area contributed by atoms with Crippen molar-refractivity contribution in [2.24, 2.45) is 0 Å². The third kappa shape index (κ3) is 2.39. The number of hydrogen-bond acceptors (Lipinski definition) is 3. The van der Waals surface area contributed by atoms with Gasteiger partial charge in [-0.15, -0.1) is 12.4 Å². The Hall–Kier alpha value is -0.320. The number of amides is 1. The summed E-state index contributed by atoms with van der Waals surface area (Å²) in [6.07, 6.45) is 6.47. The second-order valence-electron chi connectivity index (χ2n) is 6.19. The van der Waals surface area contributed by atoms with Gasteiger partial charge >= 0.3 is 0 Å². The Morgan fingerprint density at radius 3 is 2.47 bits per heavy atom. The third-order valence-corrected chi connectivity index (χ3v) is 5.20. The Balaban J connectivity index is 0.00000133. The lowest BCUT2D eigenvalue weighted by molar-refractivity contribution is -0.144. The second-order valence-corrected chi connectivity index (χ2v) is 6.19. The van der Waals surface area contributed by atoms with Crippen LogP contribution in [0.15, 0.2) is 0 Å². The topological polar surface area (TPSA) is 52.6 Å². The van der Waals surface area contributed by atoms with Crippen LogP contribution in [0.2, 0.25) is 0 Å². The van der Waals surface area contributed by atoms with Gasteiger partial charge in [-0.2, -0.15) is 0 Å². The molecule has 0 spiro atoms. The van der Waals surface area contributed by atoms with Crippen LogP contribution in [0.1, 0.15) is 51.9 Å². The van der Waals surface area contributed by atoms with Gasteiger partial charge in [0.2, 0.25) is 5.91 Å². The average molecular weight is 289 g/mol. The van der Waals surface area contributed by atoms with E-state index in [1.807, 2.05) is 0 Å². The Morgan fingerprint density at radius 2 is 2.00 bits per heavy atom. The van der Waals surface area contributed by atoms with E-state index in [0.29, 0.717) is 5.91 Å². The Bertz CT molecular complexity index is 330. The number of carbonyl (C=O) groups is 1. The molecule has 3 fully saturated rings. The molecule has 0 aromatic carbocycles. The molecule has 0 radical (unpaired) electrons. The minimum atomic E-state index is -0.302. The third-order valence-electron chi connectivity index (χ3n) is 5.20.